The van der Waals surface area contributed by atoms with Crippen LogP contribution in [0.5, 0.6) is 0 Å². The van der Waals surface area contributed by atoms with Gasteiger partial charge in [0.2, 0.25) is 0 Å². The third kappa shape index (κ3) is 11.4. The Bertz CT molecular complexity index is 223. The second-order valence-electron chi connectivity index (χ2n) is 3.17. The number of hydrogen-bond donors (Lipinski definition) is 2. The number of hydrogen-bond acceptors (Lipinski definition) is 4. The first-order chi connectivity index (χ1) is 8.54. The van der Waals surface area contributed by atoms with Crippen LogP contribution in [0.15, 0.2) is 0 Å². The lowest BCUT2D eigenvalue weighted by Gasteiger charge is -2.24. The molecule has 0 heterocycles. The topological polar surface area (TPSA) is 56.5 Å². The van der Waals surface area contributed by atoms with Gasteiger partial charge in [0.05, 0.1) is 6.54 Å². The van der Waals surface area contributed by atoms with E-state index in [-0.39, 0.29) is 0 Å². The zero-order chi connectivity index (χ0) is 15.7. The number of rotatable bonds is 8. The Hall–Kier alpha value is -0.0800. The maximum absolute atomic E-state index is 13.1. The first-order valence-corrected chi connectivity index (χ1v) is 6.02. The van der Waals surface area contributed by atoms with Crippen LogP contribution in [0.25, 0.3) is 0 Å². The molecule has 0 bridgehead atoms. The van der Waals surface area contributed by atoms with Crippen LogP contribution in [0, 0.1) is 0 Å². The molecule has 0 aromatic carbocycles. The highest BCUT2D eigenvalue weighted by Crippen LogP contribution is 2.25. The molecule has 0 aliphatic carbocycles. The Kier molecular flexibility index (Phi) is 10.0. The van der Waals surface area contributed by atoms with E-state index < -0.39 is 37.5 Å². The summed E-state index contributed by atoms with van der Waals surface area (Å²) in [4.78, 5) is 0. The van der Waals surface area contributed by atoms with Gasteiger partial charge < -0.3 is 15.2 Å². The molecule has 0 saturated heterocycles. The van der Waals surface area contributed by atoms with Gasteiger partial charge in [0.1, 0.15) is 13.2 Å². The van der Waals surface area contributed by atoms with E-state index in [1.807, 2.05) is 19.2 Å². The molecule has 4 nitrogen and oxygen atoms in total. The molecule has 0 rings (SSSR count). The summed E-state index contributed by atoms with van der Waals surface area (Å²) in [7, 11) is 2.77. The molecule has 118 valence electrons. The molecule has 0 saturated carbocycles. The van der Waals surface area contributed by atoms with Crippen molar-refractivity contribution in [2.75, 3.05) is 26.8 Å². The lowest BCUT2D eigenvalue weighted by Crippen LogP contribution is -2.42. The van der Waals surface area contributed by atoms with E-state index in [2.05, 4.69) is 15.2 Å². The fourth-order valence-electron chi connectivity index (χ4n) is 0.573. The van der Waals surface area contributed by atoms with Gasteiger partial charge in [0, 0.05) is 0 Å². The summed E-state index contributed by atoms with van der Waals surface area (Å²) in [6.45, 7) is -0.0172. The van der Waals surface area contributed by atoms with Gasteiger partial charge >= 0.3 is 12.2 Å². The number of nitrogens with two attached hydrogens (primary N) is 1. The Labute approximate surface area is 111 Å². The molecule has 0 radical (unpaired) electrons. The van der Waals surface area contributed by atoms with Gasteiger partial charge in [-0.05, 0) is 7.05 Å². The van der Waals surface area contributed by atoms with Crippen LogP contribution >= 0.6 is 9.24 Å². The molecule has 2 unspecified atom stereocenters. The molecular formula is C9H20F5N2O2P. The van der Waals surface area contributed by atoms with E-state index in [0.29, 0.717) is 0 Å². The molecular weight excluding hydrogens is 294 g/mol. The Morgan fingerprint density at radius 3 is 1.79 bits per heavy atom. The largest absolute Gasteiger partial charge is 0.379 e. The van der Waals surface area contributed by atoms with Crippen molar-refractivity contribution in [3.05, 3.63) is 0 Å². The van der Waals surface area contributed by atoms with Crippen molar-refractivity contribution in [2.45, 2.75) is 31.6 Å². The first kappa shape index (κ1) is 21.2. The van der Waals surface area contributed by atoms with Crippen molar-refractivity contribution < 1.29 is 31.4 Å². The predicted molar refractivity (Wildman–Crippen MR) is 64.8 cm³/mol. The highest BCUT2D eigenvalue weighted by atomic mass is 31.0. The molecule has 0 amide bonds. The average molecular weight is 314 g/mol. The molecule has 2 atom stereocenters. The van der Waals surface area contributed by atoms with E-state index in [9.17, 15) is 22.0 Å². The van der Waals surface area contributed by atoms with Crippen molar-refractivity contribution in [2.24, 2.45) is 5.73 Å². The fraction of sp³-hybridized carbons (Fsp3) is 1.00. The van der Waals surface area contributed by atoms with Gasteiger partial charge in [-0.15, -0.1) is 0 Å². The van der Waals surface area contributed by atoms with Gasteiger partial charge in [-0.25, -0.2) is 4.39 Å². The Morgan fingerprint density at radius 1 is 1.00 bits per heavy atom. The number of alkyl halides is 5. The smallest absolute Gasteiger partial charge is 0.323 e. The lowest BCUT2D eigenvalue weighted by atomic mass is 10.5. The maximum atomic E-state index is 13.1. The van der Waals surface area contributed by atoms with Crippen LogP contribution in [-0.4, -0.2) is 44.6 Å². The van der Waals surface area contributed by atoms with Crippen molar-refractivity contribution >= 4 is 9.24 Å². The summed E-state index contributed by atoms with van der Waals surface area (Å²) in [5.74, 6) is 0. The predicted octanol–water partition coefficient (Wildman–Crippen LogP) is 1.91. The SMILES string of the molecule is CC.CNC(F)(P)COC(F)(F)COC(F)(F)CN. The first-order valence-electron chi connectivity index (χ1n) is 5.44. The van der Waals surface area contributed by atoms with Crippen LogP contribution in [0.3, 0.4) is 0 Å². The van der Waals surface area contributed by atoms with Crippen molar-refractivity contribution in [3.8, 4) is 0 Å². The highest BCUT2D eigenvalue weighted by molar-refractivity contribution is 7.18. The second kappa shape index (κ2) is 8.97. The molecule has 0 aliphatic heterocycles. The van der Waals surface area contributed by atoms with Crippen molar-refractivity contribution in [3.63, 3.8) is 0 Å². The zero-order valence-electron chi connectivity index (χ0n) is 11.0. The van der Waals surface area contributed by atoms with E-state index in [1.54, 1.807) is 9.24 Å². The molecule has 0 aromatic heterocycles. The minimum Gasteiger partial charge on any atom is -0.323 e. The summed E-state index contributed by atoms with van der Waals surface area (Å²) in [5, 5.41) is 2.03. The quantitative estimate of drug-likeness (QED) is 0.408. The highest BCUT2D eigenvalue weighted by Gasteiger charge is 2.39. The third-order valence-electron chi connectivity index (χ3n) is 1.60. The van der Waals surface area contributed by atoms with E-state index in [1.165, 1.54) is 7.05 Å². The van der Waals surface area contributed by atoms with Gasteiger partial charge in [-0.2, -0.15) is 17.6 Å². The van der Waals surface area contributed by atoms with E-state index in [0.717, 1.165) is 0 Å². The zero-order valence-corrected chi connectivity index (χ0v) is 12.1. The van der Waals surface area contributed by atoms with Gasteiger partial charge in [0.25, 0.3) is 0 Å². The van der Waals surface area contributed by atoms with Gasteiger partial charge in [-0.1, -0.05) is 23.1 Å². The van der Waals surface area contributed by atoms with Crippen LogP contribution in [0.1, 0.15) is 13.8 Å². The Morgan fingerprint density at radius 2 is 1.42 bits per heavy atom. The average Bonchev–Trinajstić information content (AvgIpc) is 2.37. The maximum Gasteiger partial charge on any atom is 0.379 e. The standard InChI is InChI=1S/C7H14F5N2O2P.C2H6/c1-14-7(12,17)4-16-6(10,11)3-15-5(8,9)2-13;1-2/h14H,2-4,13,17H2,1H3;1-2H3. The van der Waals surface area contributed by atoms with Crippen molar-refractivity contribution in [1.29, 1.82) is 0 Å². The van der Waals surface area contributed by atoms with Crippen LogP contribution in [-0.2, 0) is 9.47 Å². The second-order valence-corrected chi connectivity index (χ2v) is 4.08. The number of ether oxygens (including phenoxy) is 2. The molecule has 0 spiro atoms. The van der Waals surface area contributed by atoms with Gasteiger partial charge in [-0.3, -0.25) is 5.32 Å². The Balaban J connectivity index is 0. The summed E-state index contributed by atoms with van der Waals surface area (Å²) >= 11 is 0. The fourth-order valence-corrected chi connectivity index (χ4v) is 0.656. The van der Waals surface area contributed by atoms with Crippen LogP contribution in [0.4, 0.5) is 22.0 Å². The van der Waals surface area contributed by atoms with E-state index >= 15 is 0 Å². The summed E-state index contributed by atoms with van der Waals surface area (Å²) in [6.07, 6.45) is -7.91. The molecule has 0 aromatic rings. The summed E-state index contributed by atoms with van der Waals surface area (Å²) < 4.78 is 70.9. The molecule has 19 heavy (non-hydrogen) atoms. The molecule has 0 fully saturated rings. The van der Waals surface area contributed by atoms with Crippen LogP contribution in [0.2, 0.25) is 0 Å². The summed E-state index contributed by atoms with van der Waals surface area (Å²) in [5.41, 5.74) is 2.29. The lowest BCUT2D eigenvalue weighted by molar-refractivity contribution is -0.323. The van der Waals surface area contributed by atoms with E-state index in [4.69, 9.17) is 0 Å². The molecule has 3 N–H and O–H groups in total. The summed E-state index contributed by atoms with van der Waals surface area (Å²) in [6, 6.07) is 0. The number of halogens is 5. The molecule has 10 heteroatoms. The number of likely N-dealkylation sites (N-methyl/N-ethyl adjacent to an activating group) is 1. The van der Waals surface area contributed by atoms with Crippen LogP contribution < -0.4 is 11.1 Å². The number of nitrogens with one attached hydrogen (secondary N) is 1. The normalized spacial score (nSPS) is 15.5. The monoisotopic (exact) mass is 314 g/mol. The molecule has 0 aliphatic rings. The van der Waals surface area contributed by atoms with Crippen molar-refractivity contribution in [1.82, 2.24) is 5.32 Å². The third-order valence-corrected chi connectivity index (χ3v) is 2.05. The minimum atomic E-state index is -4.04. The van der Waals surface area contributed by atoms with Gasteiger partial charge in [0.15, 0.2) is 5.53 Å². The minimum absolute atomic E-state index is 1.06.